The highest BCUT2D eigenvalue weighted by Crippen LogP contribution is 2.33. The first kappa shape index (κ1) is 14.9. The van der Waals surface area contributed by atoms with Crippen molar-refractivity contribution < 1.29 is 5.11 Å². The third-order valence-electron chi connectivity index (χ3n) is 4.94. The van der Waals surface area contributed by atoms with Gasteiger partial charge in [-0.15, -0.1) is 0 Å². The van der Waals surface area contributed by atoms with Crippen LogP contribution in [-0.2, 0) is 13.5 Å². The summed E-state index contributed by atoms with van der Waals surface area (Å²) in [5.74, 6) is -0.0891. The van der Waals surface area contributed by atoms with Gasteiger partial charge in [-0.05, 0) is 23.6 Å². The zero-order chi connectivity index (χ0) is 16.7. The molecule has 4 rings (SSSR count). The quantitative estimate of drug-likeness (QED) is 0.786. The molecule has 3 nitrogen and oxygen atoms in total. The fraction of sp³-hybridized carbons (Fsp3) is 0.190. The minimum Gasteiger partial charge on any atom is -0.388 e. The monoisotopic (exact) mass is 317 g/mol. The molecule has 0 fully saturated rings. The number of hydrogen-bond acceptors (Lipinski definition) is 2. The number of aryl methyl sites for hydroxylation is 1. The van der Waals surface area contributed by atoms with Crippen LogP contribution in [0.25, 0.3) is 17.0 Å². The van der Waals surface area contributed by atoms with Crippen LogP contribution in [0.3, 0.4) is 0 Å². The molecule has 1 aliphatic rings. The first-order chi connectivity index (χ1) is 11.7. The van der Waals surface area contributed by atoms with Crippen LogP contribution in [0.2, 0.25) is 0 Å². The van der Waals surface area contributed by atoms with E-state index in [0.29, 0.717) is 6.42 Å². The van der Waals surface area contributed by atoms with Crippen molar-refractivity contribution in [3.63, 3.8) is 0 Å². The molecular formula is C21H19NO2. The summed E-state index contributed by atoms with van der Waals surface area (Å²) in [6.45, 7) is 0. The van der Waals surface area contributed by atoms with Crippen LogP contribution in [0, 0.1) is 5.92 Å². The molecule has 0 radical (unpaired) electrons. The molecule has 120 valence electrons. The molecule has 0 spiro atoms. The number of aliphatic hydroxyl groups is 1. The average Bonchev–Trinajstić information content (AvgIpc) is 2.66. The summed E-state index contributed by atoms with van der Waals surface area (Å²) in [6.07, 6.45) is 3.98. The highest BCUT2D eigenvalue weighted by atomic mass is 16.3. The predicted molar refractivity (Wildman–Crippen MR) is 96.8 cm³/mol. The third kappa shape index (κ3) is 2.29. The first-order valence-corrected chi connectivity index (χ1v) is 8.18. The Bertz CT molecular complexity index is 986. The number of aromatic nitrogens is 1. The van der Waals surface area contributed by atoms with Gasteiger partial charge >= 0.3 is 0 Å². The van der Waals surface area contributed by atoms with Crippen LogP contribution in [-0.4, -0.2) is 9.67 Å². The van der Waals surface area contributed by atoms with E-state index in [4.69, 9.17) is 0 Å². The van der Waals surface area contributed by atoms with Crippen molar-refractivity contribution in [1.29, 1.82) is 0 Å². The Kier molecular flexibility index (Phi) is 3.58. The normalized spacial score (nSPS) is 17.7. The lowest BCUT2D eigenvalue weighted by molar-refractivity contribution is 0.131. The second kappa shape index (κ2) is 5.77. The molecule has 24 heavy (non-hydrogen) atoms. The lowest BCUT2D eigenvalue weighted by Crippen LogP contribution is -2.28. The summed E-state index contributed by atoms with van der Waals surface area (Å²) >= 11 is 0. The standard InChI is InChI=1S/C21H19NO2/c1-22-19-10-6-5-9-17(19)16-12-11-15(13-18(16)21(22)24)20(23)14-7-3-2-4-8-14/h2-12,15,20,23H,13H2,1H3/t15-,20+/m0/s1. The number of para-hydroxylation sites is 1. The van der Waals surface area contributed by atoms with Crippen molar-refractivity contribution in [2.75, 3.05) is 0 Å². The van der Waals surface area contributed by atoms with Gasteiger partial charge in [0.1, 0.15) is 0 Å². The Morgan fingerprint density at radius 3 is 2.58 bits per heavy atom. The average molecular weight is 317 g/mol. The van der Waals surface area contributed by atoms with Crippen molar-refractivity contribution in [3.8, 4) is 0 Å². The molecule has 2 atom stereocenters. The molecule has 0 aliphatic heterocycles. The Morgan fingerprint density at radius 2 is 1.79 bits per heavy atom. The summed E-state index contributed by atoms with van der Waals surface area (Å²) in [5, 5.41) is 11.8. The number of pyridine rings is 1. The van der Waals surface area contributed by atoms with E-state index >= 15 is 0 Å². The van der Waals surface area contributed by atoms with Crippen molar-refractivity contribution in [2.45, 2.75) is 12.5 Å². The smallest absolute Gasteiger partial charge is 0.254 e. The molecule has 1 N–H and O–H groups in total. The number of benzene rings is 2. The topological polar surface area (TPSA) is 42.2 Å². The molecule has 0 unspecified atom stereocenters. The fourth-order valence-corrected chi connectivity index (χ4v) is 3.61. The second-order valence-corrected chi connectivity index (χ2v) is 6.36. The Balaban J connectivity index is 1.81. The summed E-state index contributed by atoms with van der Waals surface area (Å²) < 4.78 is 1.71. The molecule has 0 bridgehead atoms. The molecule has 1 aliphatic carbocycles. The van der Waals surface area contributed by atoms with Gasteiger partial charge < -0.3 is 9.67 Å². The first-order valence-electron chi connectivity index (χ1n) is 8.18. The Labute approximate surface area is 140 Å². The van der Waals surface area contributed by atoms with Gasteiger partial charge in [-0.1, -0.05) is 60.7 Å². The van der Waals surface area contributed by atoms with Crippen LogP contribution < -0.4 is 5.56 Å². The molecular weight excluding hydrogens is 298 g/mol. The lowest BCUT2D eigenvalue weighted by Gasteiger charge is -2.25. The van der Waals surface area contributed by atoms with Crippen molar-refractivity contribution in [3.05, 3.63) is 87.7 Å². The van der Waals surface area contributed by atoms with Gasteiger partial charge in [0.15, 0.2) is 0 Å². The van der Waals surface area contributed by atoms with Crippen LogP contribution >= 0.6 is 0 Å². The van der Waals surface area contributed by atoms with Gasteiger partial charge in [0, 0.05) is 23.9 Å². The summed E-state index contributed by atoms with van der Waals surface area (Å²) in [6, 6.07) is 17.6. The van der Waals surface area contributed by atoms with Crippen molar-refractivity contribution in [2.24, 2.45) is 13.0 Å². The summed E-state index contributed by atoms with van der Waals surface area (Å²) in [7, 11) is 1.81. The molecule has 1 heterocycles. The molecule has 1 aromatic heterocycles. The lowest BCUT2D eigenvalue weighted by atomic mass is 9.83. The van der Waals surface area contributed by atoms with E-state index in [-0.39, 0.29) is 11.5 Å². The van der Waals surface area contributed by atoms with Crippen LogP contribution in [0.5, 0.6) is 0 Å². The maximum absolute atomic E-state index is 12.8. The van der Waals surface area contributed by atoms with Crippen molar-refractivity contribution in [1.82, 2.24) is 4.57 Å². The molecule has 3 heteroatoms. The molecule has 2 aromatic carbocycles. The fourth-order valence-electron chi connectivity index (χ4n) is 3.61. The zero-order valence-electron chi connectivity index (χ0n) is 13.5. The highest BCUT2D eigenvalue weighted by Gasteiger charge is 2.26. The highest BCUT2D eigenvalue weighted by molar-refractivity contribution is 5.90. The van der Waals surface area contributed by atoms with Gasteiger partial charge in [-0.2, -0.15) is 0 Å². The van der Waals surface area contributed by atoms with Gasteiger partial charge in [-0.25, -0.2) is 0 Å². The maximum Gasteiger partial charge on any atom is 0.254 e. The third-order valence-corrected chi connectivity index (χ3v) is 4.94. The number of aliphatic hydroxyl groups excluding tert-OH is 1. The Morgan fingerprint density at radius 1 is 1.08 bits per heavy atom. The number of fused-ring (bicyclic) bond motifs is 3. The van der Waals surface area contributed by atoms with Crippen LogP contribution in [0.1, 0.15) is 22.8 Å². The molecule has 0 amide bonds. The number of nitrogens with zero attached hydrogens (tertiary/aromatic N) is 1. The van der Waals surface area contributed by atoms with E-state index in [1.807, 2.05) is 73.8 Å². The van der Waals surface area contributed by atoms with Gasteiger partial charge in [0.25, 0.3) is 5.56 Å². The summed E-state index contributed by atoms with van der Waals surface area (Å²) in [5.41, 5.74) is 3.63. The minimum atomic E-state index is -0.605. The van der Waals surface area contributed by atoms with Gasteiger partial charge in [0.2, 0.25) is 0 Å². The largest absolute Gasteiger partial charge is 0.388 e. The van der Waals surface area contributed by atoms with Crippen LogP contribution in [0.15, 0.2) is 65.5 Å². The van der Waals surface area contributed by atoms with Crippen molar-refractivity contribution >= 4 is 17.0 Å². The zero-order valence-corrected chi connectivity index (χ0v) is 13.5. The SMILES string of the molecule is Cn1c(=O)c2c(c3ccccc31)C=C[C@H]([C@H](O)c1ccccc1)C2. The van der Waals surface area contributed by atoms with Crippen LogP contribution in [0.4, 0.5) is 0 Å². The van der Waals surface area contributed by atoms with E-state index in [9.17, 15) is 9.90 Å². The van der Waals surface area contributed by atoms with Gasteiger partial charge in [-0.3, -0.25) is 4.79 Å². The molecule has 0 saturated heterocycles. The number of hydrogen-bond donors (Lipinski definition) is 1. The minimum absolute atomic E-state index is 0.0262. The maximum atomic E-state index is 12.8. The second-order valence-electron chi connectivity index (χ2n) is 6.36. The predicted octanol–water partition coefficient (Wildman–Crippen LogP) is 3.46. The van der Waals surface area contributed by atoms with E-state index < -0.39 is 6.10 Å². The molecule has 3 aromatic rings. The Hall–Kier alpha value is -2.65. The van der Waals surface area contributed by atoms with E-state index in [2.05, 4.69) is 0 Å². The van der Waals surface area contributed by atoms with E-state index in [1.165, 1.54) is 0 Å². The summed E-state index contributed by atoms with van der Waals surface area (Å²) in [4.78, 5) is 12.8. The molecule has 0 saturated carbocycles. The van der Waals surface area contributed by atoms with E-state index in [0.717, 1.165) is 27.6 Å². The van der Waals surface area contributed by atoms with Gasteiger partial charge in [0.05, 0.1) is 11.6 Å². The van der Waals surface area contributed by atoms with E-state index in [1.54, 1.807) is 4.57 Å². The number of rotatable bonds is 2.